The number of hydrogen-bond acceptors (Lipinski definition) is 5. The lowest BCUT2D eigenvalue weighted by Gasteiger charge is -2.28. The van der Waals surface area contributed by atoms with E-state index >= 15 is 0 Å². The van der Waals surface area contributed by atoms with Crippen LogP contribution in [0.2, 0.25) is 0 Å². The second-order valence-electron chi connectivity index (χ2n) is 8.66. The number of aromatic nitrogens is 2. The lowest BCUT2D eigenvalue weighted by atomic mass is 10.1. The molecule has 1 aromatic heterocycles. The highest BCUT2D eigenvalue weighted by molar-refractivity contribution is 5.99. The SMILES string of the molecule is CCOC(=O)NCCCn1c(C(=O)N2CCNCC2)c(-c2ccccc2)n(-c2ccccc2C)c1=O. The van der Waals surface area contributed by atoms with Gasteiger partial charge in [0.1, 0.15) is 5.69 Å². The second-order valence-corrected chi connectivity index (χ2v) is 8.66. The molecule has 0 radical (unpaired) electrons. The molecule has 2 amide bonds. The van der Waals surface area contributed by atoms with E-state index in [4.69, 9.17) is 4.74 Å². The van der Waals surface area contributed by atoms with E-state index < -0.39 is 6.09 Å². The molecule has 190 valence electrons. The summed E-state index contributed by atoms with van der Waals surface area (Å²) < 4.78 is 8.13. The fraction of sp³-hybridized carbons (Fsp3) is 0.370. The van der Waals surface area contributed by atoms with Gasteiger partial charge in [-0.15, -0.1) is 0 Å². The zero-order valence-corrected chi connectivity index (χ0v) is 20.8. The van der Waals surface area contributed by atoms with E-state index in [1.807, 2.05) is 61.5 Å². The van der Waals surface area contributed by atoms with Crippen molar-refractivity contribution >= 4 is 12.0 Å². The van der Waals surface area contributed by atoms with E-state index in [1.165, 1.54) is 0 Å². The number of benzene rings is 2. The maximum atomic E-state index is 14.0. The van der Waals surface area contributed by atoms with Crippen LogP contribution in [-0.4, -0.2) is 65.4 Å². The number of para-hydroxylation sites is 1. The molecule has 3 aromatic rings. The fourth-order valence-corrected chi connectivity index (χ4v) is 4.50. The first-order valence-electron chi connectivity index (χ1n) is 12.4. The number of amides is 2. The number of aryl methyl sites for hydroxylation is 1. The van der Waals surface area contributed by atoms with Crippen molar-refractivity contribution < 1.29 is 14.3 Å². The third-order valence-corrected chi connectivity index (χ3v) is 6.25. The lowest BCUT2D eigenvalue weighted by Crippen LogP contribution is -2.47. The van der Waals surface area contributed by atoms with Gasteiger partial charge in [0.15, 0.2) is 0 Å². The normalized spacial score (nSPS) is 13.4. The molecule has 2 heterocycles. The Kier molecular flexibility index (Phi) is 8.22. The molecule has 9 heteroatoms. The van der Waals surface area contributed by atoms with E-state index in [1.54, 1.807) is 21.0 Å². The van der Waals surface area contributed by atoms with Crippen molar-refractivity contribution in [1.29, 1.82) is 0 Å². The van der Waals surface area contributed by atoms with Gasteiger partial charge < -0.3 is 20.3 Å². The Hall–Kier alpha value is -3.85. The Morgan fingerprint density at radius 3 is 2.42 bits per heavy atom. The average Bonchev–Trinajstić information content (AvgIpc) is 3.19. The molecule has 0 saturated carbocycles. The van der Waals surface area contributed by atoms with Gasteiger partial charge in [0, 0.05) is 44.8 Å². The van der Waals surface area contributed by atoms with E-state index in [9.17, 15) is 14.4 Å². The number of imidazole rings is 1. The molecule has 0 unspecified atom stereocenters. The van der Waals surface area contributed by atoms with Crippen molar-refractivity contribution in [2.75, 3.05) is 39.3 Å². The van der Waals surface area contributed by atoms with Crippen molar-refractivity contribution in [2.24, 2.45) is 0 Å². The summed E-state index contributed by atoms with van der Waals surface area (Å²) in [5, 5.41) is 5.97. The minimum absolute atomic E-state index is 0.168. The first-order valence-corrected chi connectivity index (χ1v) is 12.4. The van der Waals surface area contributed by atoms with Crippen LogP contribution in [-0.2, 0) is 11.3 Å². The Balaban J connectivity index is 1.84. The predicted octanol–water partition coefficient (Wildman–Crippen LogP) is 2.80. The summed E-state index contributed by atoms with van der Waals surface area (Å²) in [6, 6.07) is 17.2. The zero-order chi connectivity index (χ0) is 25.5. The average molecular weight is 492 g/mol. The monoisotopic (exact) mass is 491 g/mol. The number of piperazine rings is 1. The second kappa shape index (κ2) is 11.7. The highest BCUT2D eigenvalue weighted by Crippen LogP contribution is 2.29. The van der Waals surface area contributed by atoms with E-state index in [2.05, 4.69) is 10.6 Å². The number of nitrogens with zero attached hydrogens (tertiary/aromatic N) is 3. The van der Waals surface area contributed by atoms with Gasteiger partial charge in [0.05, 0.1) is 18.0 Å². The number of carbonyl (C=O) groups excluding carboxylic acids is 2. The smallest absolute Gasteiger partial charge is 0.407 e. The lowest BCUT2D eigenvalue weighted by molar-refractivity contribution is 0.0724. The predicted molar refractivity (Wildman–Crippen MR) is 139 cm³/mol. The van der Waals surface area contributed by atoms with Crippen molar-refractivity contribution in [3.63, 3.8) is 0 Å². The number of ether oxygens (including phenoxy) is 1. The number of rotatable bonds is 8. The fourth-order valence-electron chi connectivity index (χ4n) is 4.50. The van der Waals surface area contributed by atoms with Crippen molar-refractivity contribution in [2.45, 2.75) is 26.8 Å². The molecule has 0 aliphatic carbocycles. The topological polar surface area (TPSA) is 97.6 Å². The molecule has 0 spiro atoms. The Bertz CT molecular complexity index is 1260. The van der Waals surface area contributed by atoms with E-state index in [-0.39, 0.29) is 24.7 Å². The van der Waals surface area contributed by atoms with Gasteiger partial charge in [-0.3, -0.25) is 13.9 Å². The molecule has 1 fully saturated rings. The van der Waals surface area contributed by atoms with Crippen LogP contribution in [0.1, 0.15) is 29.4 Å². The number of alkyl carbamates (subject to hydrolysis) is 1. The van der Waals surface area contributed by atoms with Gasteiger partial charge in [-0.2, -0.15) is 0 Å². The molecule has 9 nitrogen and oxygen atoms in total. The van der Waals surface area contributed by atoms with Crippen molar-refractivity contribution in [1.82, 2.24) is 24.7 Å². The van der Waals surface area contributed by atoms with Crippen LogP contribution < -0.4 is 16.3 Å². The molecular formula is C27H33N5O4. The van der Waals surface area contributed by atoms with Gasteiger partial charge >= 0.3 is 11.8 Å². The van der Waals surface area contributed by atoms with Crippen LogP contribution in [0.4, 0.5) is 4.79 Å². The van der Waals surface area contributed by atoms with Crippen LogP contribution in [0.15, 0.2) is 59.4 Å². The summed E-state index contributed by atoms with van der Waals surface area (Å²) in [6.07, 6.45) is -0.0311. The molecule has 0 atom stereocenters. The molecule has 2 N–H and O–H groups in total. The highest BCUT2D eigenvalue weighted by Gasteiger charge is 2.30. The molecule has 0 bridgehead atoms. The number of hydrogen-bond donors (Lipinski definition) is 2. The van der Waals surface area contributed by atoms with Crippen molar-refractivity contribution in [3.05, 3.63) is 76.3 Å². The summed E-state index contributed by atoms with van der Waals surface area (Å²) >= 11 is 0. The van der Waals surface area contributed by atoms with Crippen molar-refractivity contribution in [3.8, 4) is 16.9 Å². The van der Waals surface area contributed by atoms with E-state index in [0.717, 1.165) is 16.8 Å². The Morgan fingerprint density at radius 1 is 1.03 bits per heavy atom. The summed E-state index contributed by atoms with van der Waals surface area (Å²) in [6.45, 7) is 7.13. The molecule has 4 rings (SSSR count). The maximum Gasteiger partial charge on any atom is 0.407 e. The first kappa shape index (κ1) is 25.2. The largest absolute Gasteiger partial charge is 0.450 e. The molecule has 1 aliphatic rings. The number of carbonyl (C=O) groups is 2. The minimum atomic E-state index is -0.496. The first-order chi connectivity index (χ1) is 17.5. The van der Waals surface area contributed by atoms with Gasteiger partial charge in [-0.25, -0.2) is 9.59 Å². The molecule has 1 aliphatic heterocycles. The van der Waals surface area contributed by atoms with Crippen LogP contribution in [0.5, 0.6) is 0 Å². The van der Waals surface area contributed by atoms with Crippen LogP contribution >= 0.6 is 0 Å². The highest BCUT2D eigenvalue weighted by atomic mass is 16.5. The molecular weight excluding hydrogens is 458 g/mol. The minimum Gasteiger partial charge on any atom is -0.450 e. The molecule has 1 saturated heterocycles. The summed E-state index contributed by atoms with van der Waals surface area (Å²) in [5.41, 5.74) is 3.12. The van der Waals surface area contributed by atoms with E-state index in [0.29, 0.717) is 50.5 Å². The van der Waals surface area contributed by atoms with Crippen LogP contribution in [0.25, 0.3) is 16.9 Å². The Labute approximate surface area is 210 Å². The standard InChI is InChI=1S/C27H33N5O4/c1-3-36-26(34)29-14-9-17-31-24(25(33)30-18-15-28-16-19-30)23(21-11-5-4-6-12-21)32(27(31)35)22-13-8-7-10-20(22)2/h4-8,10-13,28H,3,9,14-19H2,1-2H3,(H,29,34). The van der Waals surface area contributed by atoms with Gasteiger partial charge in [0.25, 0.3) is 5.91 Å². The third kappa shape index (κ3) is 5.36. The summed E-state index contributed by atoms with van der Waals surface area (Å²) in [5.74, 6) is -0.168. The van der Waals surface area contributed by atoms with Crippen LogP contribution in [0, 0.1) is 6.92 Å². The molecule has 36 heavy (non-hydrogen) atoms. The quantitative estimate of drug-likeness (QED) is 0.473. The summed E-state index contributed by atoms with van der Waals surface area (Å²) in [4.78, 5) is 41.4. The van der Waals surface area contributed by atoms with Gasteiger partial charge in [-0.1, -0.05) is 48.5 Å². The molecule has 2 aromatic carbocycles. The zero-order valence-electron chi connectivity index (χ0n) is 20.8. The maximum absolute atomic E-state index is 14.0. The number of nitrogens with one attached hydrogen (secondary N) is 2. The van der Waals surface area contributed by atoms with Gasteiger partial charge in [-0.05, 0) is 31.9 Å². The third-order valence-electron chi connectivity index (χ3n) is 6.25. The Morgan fingerprint density at radius 2 is 1.72 bits per heavy atom. The van der Waals surface area contributed by atoms with Gasteiger partial charge in [0.2, 0.25) is 0 Å². The summed E-state index contributed by atoms with van der Waals surface area (Å²) in [7, 11) is 0. The van der Waals surface area contributed by atoms with Crippen LogP contribution in [0.3, 0.4) is 0 Å².